The number of amides is 1. The van der Waals surface area contributed by atoms with E-state index >= 15 is 4.39 Å². The van der Waals surface area contributed by atoms with Gasteiger partial charge in [-0.25, -0.2) is 13.8 Å². The second-order valence-corrected chi connectivity index (χ2v) is 12.4. The van der Waals surface area contributed by atoms with Gasteiger partial charge in [0.25, 0.3) is 5.91 Å². The number of piperidine rings is 1. The van der Waals surface area contributed by atoms with Crippen molar-refractivity contribution in [1.82, 2.24) is 34.5 Å². The largest absolute Gasteiger partial charge is 0.354 e. The molecule has 3 aliphatic heterocycles. The highest BCUT2D eigenvalue weighted by Crippen LogP contribution is 2.38. The minimum atomic E-state index is -1.04. The van der Waals surface area contributed by atoms with Gasteiger partial charge >= 0.3 is 0 Å². The maximum atomic E-state index is 15.8. The Morgan fingerprint density at radius 1 is 1.14 bits per heavy atom. The molecule has 6 heterocycles. The highest BCUT2D eigenvalue weighted by atomic mass is 19.1. The Morgan fingerprint density at radius 2 is 1.90 bits per heavy atom. The number of aromatic nitrogens is 5. The summed E-state index contributed by atoms with van der Waals surface area (Å²) < 4.78 is 33.7. The molecule has 2 unspecified atom stereocenters. The Kier molecular flexibility index (Phi) is 6.00. The first-order chi connectivity index (χ1) is 20.4. The van der Waals surface area contributed by atoms with Gasteiger partial charge in [0.15, 0.2) is 11.5 Å². The summed E-state index contributed by atoms with van der Waals surface area (Å²) in [6.07, 6.45) is 7.34. The quantitative estimate of drug-likeness (QED) is 0.342. The van der Waals surface area contributed by atoms with Crippen LogP contribution in [-0.4, -0.2) is 60.4 Å². The van der Waals surface area contributed by atoms with E-state index in [-0.39, 0.29) is 30.4 Å². The minimum absolute atomic E-state index is 0.165. The van der Waals surface area contributed by atoms with Gasteiger partial charge < -0.3 is 19.8 Å². The summed E-state index contributed by atoms with van der Waals surface area (Å²) in [5, 5.41) is 8.08. The molecular formula is C32H33F2N7O. The average molecular weight is 570 g/mol. The number of hydrogen-bond acceptors (Lipinski definition) is 4. The number of fused-ring (bicyclic) bond motifs is 4. The molecule has 3 fully saturated rings. The third-order valence-electron chi connectivity index (χ3n) is 9.66. The number of halogens is 2. The van der Waals surface area contributed by atoms with Crippen molar-refractivity contribution < 1.29 is 13.6 Å². The first-order valence-corrected chi connectivity index (χ1v) is 15.0. The maximum absolute atomic E-state index is 15.8. The molecule has 4 aromatic rings. The third-order valence-corrected chi connectivity index (χ3v) is 9.66. The van der Waals surface area contributed by atoms with Crippen LogP contribution in [-0.2, 0) is 13.0 Å². The van der Waals surface area contributed by atoms with E-state index in [4.69, 9.17) is 0 Å². The highest BCUT2D eigenvalue weighted by molar-refractivity contribution is 5.93. The van der Waals surface area contributed by atoms with Gasteiger partial charge in [-0.3, -0.25) is 9.48 Å². The molecule has 1 aliphatic carbocycles. The molecule has 1 saturated carbocycles. The monoisotopic (exact) mass is 569 g/mol. The van der Waals surface area contributed by atoms with E-state index in [2.05, 4.69) is 44.2 Å². The summed E-state index contributed by atoms with van der Waals surface area (Å²) in [5.74, 6) is 6.31. The maximum Gasteiger partial charge on any atom is 0.272 e. The SMILES string of the molecule is CN1[C@@H]2CC[C@H]1CC(C#Cc1cc(C(=O)NC(c3ncn4c3C[C@@H](F)C4)c3[nH]c4ccccc4c3F)nn1C1CC1)C2. The molecule has 3 aromatic heterocycles. The molecule has 42 heavy (non-hydrogen) atoms. The Labute approximate surface area is 242 Å². The Balaban J connectivity index is 1.12. The van der Waals surface area contributed by atoms with Crippen molar-refractivity contribution >= 4 is 16.8 Å². The lowest BCUT2D eigenvalue weighted by Gasteiger charge is -2.34. The molecule has 2 saturated heterocycles. The van der Waals surface area contributed by atoms with Crippen LogP contribution in [0.15, 0.2) is 36.7 Å². The van der Waals surface area contributed by atoms with Crippen molar-refractivity contribution in [3.05, 3.63) is 70.9 Å². The summed E-state index contributed by atoms with van der Waals surface area (Å²) in [6.45, 7) is 0.199. The fourth-order valence-electron chi connectivity index (χ4n) is 7.24. The lowest BCUT2D eigenvalue weighted by atomic mass is 9.91. The number of nitrogens with one attached hydrogen (secondary N) is 2. The molecule has 0 spiro atoms. The summed E-state index contributed by atoms with van der Waals surface area (Å²) in [5.41, 5.74) is 2.87. The number of alkyl halides is 1. The normalized spacial score (nSPS) is 25.8. The number of benzene rings is 1. The van der Waals surface area contributed by atoms with E-state index in [0.717, 1.165) is 31.4 Å². The molecule has 216 valence electrons. The van der Waals surface area contributed by atoms with E-state index in [0.29, 0.717) is 40.3 Å². The molecule has 8 nitrogen and oxygen atoms in total. The molecule has 5 atom stereocenters. The zero-order valence-electron chi connectivity index (χ0n) is 23.5. The fourth-order valence-corrected chi connectivity index (χ4v) is 7.24. The predicted octanol–water partition coefficient (Wildman–Crippen LogP) is 4.67. The van der Waals surface area contributed by atoms with Crippen LogP contribution in [0.25, 0.3) is 10.9 Å². The van der Waals surface area contributed by atoms with E-state index in [9.17, 15) is 9.18 Å². The molecule has 1 amide bonds. The zero-order valence-corrected chi connectivity index (χ0v) is 23.5. The van der Waals surface area contributed by atoms with Gasteiger partial charge in [-0.1, -0.05) is 18.1 Å². The molecule has 2 N–H and O–H groups in total. The second-order valence-electron chi connectivity index (χ2n) is 12.4. The summed E-state index contributed by atoms with van der Waals surface area (Å²) in [4.78, 5) is 23.9. The number of H-pyrrole nitrogens is 1. The second kappa shape index (κ2) is 9.80. The van der Waals surface area contributed by atoms with E-state index in [1.807, 2.05) is 10.7 Å². The van der Waals surface area contributed by atoms with E-state index < -0.39 is 23.9 Å². The van der Waals surface area contributed by atoms with Crippen molar-refractivity contribution in [3.8, 4) is 11.8 Å². The summed E-state index contributed by atoms with van der Waals surface area (Å²) in [7, 11) is 2.22. The van der Waals surface area contributed by atoms with Crippen molar-refractivity contribution in [1.29, 1.82) is 0 Å². The highest BCUT2D eigenvalue weighted by Gasteiger charge is 2.38. The molecule has 4 aliphatic rings. The Bertz CT molecular complexity index is 1740. The van der Waals surface area contributed by atoms with Crippen molar-refractivity contribution in [3.63, 3.8) is 0 Å². The number of imidazole rings is 1. The van der Waals surface area contributed by atoms with Crippen LogP contribution < -0.4 is 5.32 Å². The van der Waals surface area contributed by atoms with Gasteiger partial charge in [0.1, 0.15) is 17.9 Å². The van der Waals surface area contributed by atoms with E-state index in [1.165, 1.54) is 12.8 Å². The number of rotatable bonds is 5. The van der Waals surface area contributed by atoms with Crippen LogP contribution in [0.1, 0.15) is 83.9 Å². The lowest BCUT2D eigenvalue weighted by molar-refractivity contribution is 0.0935. The average Bonchev–Trinajstić information content (AvgIpc) is 3.16. The number of hydrogen-bond donors (Lipinski definition) is 2. The molecule has 0 radical (unpaired) electrons. The third kappa shape index (κ3) is 4.33. The van der Waals surface area contributed by atoms with Crippen LogP contribution in [0.2, 0.25) is 0 Å². The standard InChI is InChI=1S/C32H33F2N7O/c1-39-21-10-11-22(39)13-18(12-21)6-7-23-15-26(38-41(23)20-8-9-20)32(42)37-31(29-27-14-19(33)16-40(27)17-35-29)30-28(34)24-4-2-3-5-25(24)36-30/h2-5,15,17-22,31,36H,8-14,16H2,1H3,(H,37,42)/t18?,19-,21-,22+,31?/m1/s1. The van der Waals surface area contributed by atoms with Crippen LogP contribution in [0.5, 0.6) is 0 Å². The van der Waals surface area contributed by atoms with Crippen LogP contribution in [0.3, 0.4) is 0 Å². The smallest absolute Gasteiger partial charge is 0.272 e. The van der Waals surface area contributed by atoms with Crippen molar-refractivity contribution in [2.24, 2.45) is 5.92 Å². The summed E-state index contributed by atoms with van der Waals surface area (Å²) in [6, 6.07) is 9.33. The molecule has 2 bridgehead atoms. The lowest BCUT2D eigenvalue weighted by Crippen LogP contribution is -2.39. The van der Waals surface area contributed by atoms with Gasteiger partial charge in [0.2, 0.25) is 0 Å². The number of nitrogens with zero attached hydrogens (tertiary/aromatic N) is 5. The number of carbonyl (C=O) groups is 1. The predicted molar refractivity (Wildman–Crippen MR) is 153 cm³/mol. The zero-order chi connectivity index (χ0) is 28.5. The fraction of sp³-hybridized carbons (Fsp3) is 0.469. The Morgan fingerprint density at radius 3 is 2.67 bits per heavy atom. The molecule has 1 aromatic carbocycles. The molecule has 8 rings (SSSR count). The van der Waals surface area contributed by atoms with Crippen molar-refractivity contribution in [2.75, 3.05) is 7.05 Å². The van der Waals surface area contributed by atoms with Crippen molar-refractivity contribution in [2.45, 2.75) is 81.8 Å². The van der Waals surface area contributed by atoms with Gasteiger partial charge in [-0.05, 0) is 63.6 Å². The van der Waals surface area contributed by atoms with Gasteiger partial charge in [0, 0.05) is 47.1 Å². The first-order valence-electron chi connectivity index (χ1n) is 15.0. The molecule has 10 heteroatoms. The first kappa shape index (κ1) is 25.7. The van der Waals surface area contributed by atoms with Crippen LogP contribution in [0, 0.1) is 23.6 Å². The van der Waals surface area contributed by atoms with Crippen LogP contribution >= 0.6 is 0 Å². The molecular weight excluding hydrogens is 536 g/mol. The van der Waals surface area contributed by atoms with Crippen LogP contribution in [0.4, 0.5) is 8.78 Å². The van der Waals surface area contributed by atoms with E-state index in [1.54, 1.807) is 35.2 Å². The topological polar surface area (TPSA) is 83.8 Å². The Hall–Kier alpha value is -3.97. The minimum Gasteiger partial charge on any atom is -0.354 e. The summed E-state index contributed by atoms with van der Waals surface area (Å²) >= 11 is 0. The number of aromatic amines is 1. The van der Waals surface area contributed by atoms with Gasteiger partial charge in [0.05, 0.1) is 30.3 Å². The number of carbonyl (C=O) groups excluding carboxylic acids is 1. The van der Waals surface area contributed by atoms with Gasteiger partial charge in [-0.15, -0.1) is 0 Å². The number of para-hydroxylation sites is 1. The van der Waals surface area contributed by atoms with Gasteiger partial charge in [-0.2, -0.15) is 5.10 Å².